The third-order valence-electron chi connectivity index (χ3n) is 9.34. The average Bonchev–Trinajstić information content (AvgIpc) is 3.68. The molecule has 9 heteroatoms. The lowest BCUT2D eigenvalue weighted by Crippen LogP contribution is -2.32. The fourth-order valence-corrected chi connectivity index (χ4v) is 7.72. The number of ketones is 1. The normalized spacial score (nSPS) is 21.7. The molecular weight excluding hydrogens is 636 g/mol. The van der Waals surface area contributed by atoms with Crippen molar-refractivity contribution in [1.82, 2.24) is 4.98 Å². The molecule has 0 spiro atoms. The molecule has 2 heterocycles. The molecule has 1 aromatic heterocycles. The quantitative estimate of drug-likeness (QED) is 0.0935. The molecule has 3 aliphatic rings. The number of benzene rings is 3. The molecule has 1 aliphatic heterocycles. The van der Waals surface area contributed by atoms with E-state index in [0.29, 0.717) is 39.2 Å². The zero-order valence-corrected chi connectivity index (χ0v) is 26.5. The van der Waals surface area contributed by atoms with Gasteiger partial charge in [0.25, 0.3) is 0 Å². The van der Waals surface area contributed by atoms with Gasteiger partial charge in [-0.1, -0.05) is 39.7 Å². The number of esters is 1. The number of carbonyl (C=O) groups is 4. The highest BCUT2D eigenvalue weighted by Gasteiger charge is 2.60. The Balaban J connectivity index is 1.17. The Bertz CT molecular complexity index is 1950. The summed E-state index contributed by atoms with van der Waals surface area (Å²) in [5, 5.41) is 0.586. The fraction of sp³-hybridized carbons (Fsp3) is 0.250. The second-order valence-electron chi connectivity index (χ2n) is 11.9. The number of hydrogen-bond acceptors (Lipinski definition) is 7. The Morgan fingerprint density at radius 1 is 0.956 bits per heavy atom. The zero-order valence-electron chi connectivity index (χ0n) is 24.9. The first-order valence-electron chi connectivity index (χ1n) is 14.8. The van der Waals surface area contributed by atoms with Gasteiger partial charge in [-0.2, -0.15) is 0 Å². The van der Waals surface area contributed by atoms with Gasteiger partial charge in [0.2, 0.25) is 11.8 Å². The Labute approximate surface area is 268 Å². The highest BCUT2D eigenvalue weighted by Crippen LogP contribution is 2.56. The number of aryl methyl sites for hydroxylation is 1. The summed E-state index contributed by atoms with van der Waals surface area (Å²) in [5.41, 5.74) is 5.08. The van der Waals surface area contributed by atoms with E-state index in [0.717, 1.165) is 16.5 Å². The number of ether oxygens (including phenoxy) is 2. The number of nitrogens with zero attached hydrogens (tertiary/aromatic N) is 2. The lowest BCUT2D eigenvalue weighted by Gasteiger charge is -2.19. The molecule has 8 nitrogen and oxygen atoms in total. The van der Waals surface area contributed by atoms with Crippen LogP contribution in [0.25, 0.3) is 22.2 Å². The molecule has 0 radical (unpaired) electrons. The van der Waals surface area contributed by atoms with Gasteiger partial charge in [0.1, 0.15) is 5.75 Å². The van der Waals surface area contributed by atoms with E-state index in [4.69, 9.17) is 14.5 Å². The minimum Gasteiger partial charge on any atom is -0.497 e. The first-order chi connectivity index (χ1) is 21.6. The molecule has 0 N–H and O–H groups in total. The number of methoxy groups -OCH3 is 1. The molecule has 2 fully saturated rings. The largest absolute Gasteiger partial charge is 0.497 e. The summed E-state index contributed by atoms with van der Waals surface area (Å²) < 4.78 is 11.4. The number of rotatable bonds is 7. The van der Waals surface area contributed by atoms with Crippen molar-refractivity contribution >= 4 is 56.1 Å². The van der Waals surface area contributed by atoms with Crippen molar-refractivity contribution in [1.29, 1.82) is 0 Å². The first kappa shape index (κ1) is 29.1. The number of anilines is 1. The lowest BCUT2D eigenvalue weighted by molar-refractivity contribution is -0.123. The van der Waals surface area contributed by atoms with Gasteiger partial charge in [0, 0.05) is 21.0 Å². The van der Waals surface area contributed by atoms with Crippen LogP contribution in [-0.2, 0) is 14.3 Å². The lowest BCUT2D eigenvalue weighted by atomic mass is 9.82. The van der Waals surface area contributed by atoms with Crippen LogP contribution < -0.4 is 9.64 Å². The van der Waals surface area contributed by atoms with Crippen LogP contribution in [0.5, 0.6) is 5.75 Å². The summed E-state index contributed by atoms with van der Waals surface area (Å²) in [6.45, 7) is 3.53. The van der Waals surface area contributed by atoms with E-state index in [9.17, 15) is 19.2 Å². The number of hydrogen-bond donors (Lipinski definition) is 0. The number of carbonyl (C=O) groups excluding carboxylic acids is 4. The maximum atomic E-state index is 13.5. The summed E-state index contributed by atoms with van der Waals surface area (Å²) in [6.07, 6.45) is 3.04. The minimum absolute atomic E-state index is 0.128. The third-order valence-corrected chi connectivity index (χ3v) is 9.79. The highest BCUT2D eigenvalue weighted by molar-refractivity contribution is 9.10. The molecular formula is C36H29BrN2O6. The molecule has 4 aromatic rings. The van der Waals surface area contributed by atoms with Crippen molar-refractivity contribution in [3.63, 3.8) is 0 Å². The van der Waals surface area contributed by atoms with Crippen LogP contribution in [0.3, 0.4) is 0 Å². The number of amides is 2. The smallest absolute Gasteiger partial charge is 0.339 e. The van der Waals surface area contributed by atoms with Gasteiger partial charge in [0.15, 0.2) is 12.4 Å². The summed E-state index contributed by atoms with van der Waals surface area (Å²) in [4.78, 5) is 59.2. The van der Waals surface area contributed by atoms with Gasteiger partial charge in [-0.3, -0.25) is 19.3 Å². The zero-order chi connectivity index (χ0) is 31.6. The SMILES string of the molecule is COc1ccc(C(=O)COC(=O)c2cc(-c3ccc(N4C(=O)C5C6C=C(C)C(C6)C5C4=O)cc3)nc3c(C)cc(Br)cc23)cc1. The van der Waals surface area contributed by atoms with Gasteiger partial charge in [-0.05, 0) is 92.3 Å². The number of imide groups is 1. The minimum atomic E-state index is -0.655. The number of pyridine rings is 1. The van der Waals surface area contributed by atoms with Crippen molar-refractivity contribution in [2.24, 2.45) is 23.7 Å². The van der Waals surface area contributed by atoms with Crippen LogP contribution in [0.4, 0.5) is 5.69 Å². The van der Waals surface area contributed by atoms with Crippen LogP contribution in [0.15, 0.2) is 82.9 Å². The molecule has 4 unspecified atom stereocenters. The van der Waals surface area contributed by atoms with Crippen LogP contribution in [0.1, 0.15) is 39.6 Å². The topological polar surface area (TPSA) is 103 Å². The molecule has 45 heavy (non-hydrogen) atoms. The second kappa shape index (κ2) is 11.1. The van der Waals surface area contributed by atoms with Crippen molar-refractivity contribution in [2.75, 3.05) is 18.6 Å². The summed E-state index contributed by atoms with van der Waals surface area (Å²) in [7, 11) is 1.54. The number of halogens is 1. The monoisotopic (exact) mass is 664 g/mol. The van der Waals surface area contributed by atoms with E-state index in [2.05, 4.69) is 28.9 Å². The van der Waals surface area contributed by atoms with E-state index >= 15 is 0 Å². The Kier molecular flexibility index (Phi) is 7.16. The van der Waals surface area contributed by atoms with Gasteiger partial charge in [0.05, 0.1) is 41.4 Å². The van der Waals surface area contributed by atoms with E-state index in [1.54, 1.807) is 67.8 Å². The third kappa shape index (κ3) is 4.86. The Hall–Kier alpha value is -4.63. The van der Waals surface area contributed by atoms with Crippen LogP contribution >= 0.6 is 15.9 Å². The van der Waals surface area contributed by atoms with E-state index in [1.807, 2.05) is 13.0 Å². The van der Waals surface area contributed by atoms with Crippen LogP contribution in [-0.4, -0.2) is 42.3 Å². The fourth-order valence-electron chi connectivity index (χ4n) is 7.15. The van der Waals surface area contributed by atoms with Crippen molar-refractivity contribution in [2.45, 2.75) is 20.3 Å². The van der Waals surface area contributed by atoms with Gasteiger partial charge in [-0.15, -0.1) is 0 Å². The van der Waals surface area contributed by atoms with Crippen molar-refractivity contribution in [3.05, 3.63) is 99.5 Å². The molecule has 3 aromatic carbocycles. The number of Topliss-reactive ketones (excluding diaryl/α,β-unsaturated/α-hetero) is 1. The summed E-state index contributed by atoms with van der Waals surface area (Å²) >= 11 is 3.51. The van der Waals surface area contributed by atoms with E-state index in [-0.39, 0.29) is 46.8 Å². The van der Waals surface area contributed by atoms with Gasteiger partial charge < -0.3 is 9.47 Å². The molecule has 226 valence electrons. The highest BCUT2D eigenvalue weighted by atomic mass is 79.9. The summed E-state index contributed by atoms with van der Waals surface area (Å²) in [5.74, 6) is -0.906. The summed E-state index contributed by atoms with van der Waals surface area (Å²) in [6, 6.07) is 19.0. The predicted octanol–water partition coefficient (Wildman–Crippen LogP) is 6.72. The van der Waals surface area contributed by atoms with Crippen LogP contribution in [0, 0.1) is 30.6 Å². The van der Waals surface area contributed by atoms with Crippen LogP contribution in [0.2, 0.25) is 0 Å². The number of allylic oxidation sites excluding steroid dienone is 2. The first-order valence-corrected chi connectivity index (χ1v) is 15.6. The Morgan fingerprint density at radius 3 is 2.38 bits per heavy atom. The predicted molar refractivity (Wildman–Crippen MR) is 172 cm³/mol. The van der Waals surface area contributed by atoms with E-state index < -0.39 is 12.6 Å². The molecule has 2 amide bonds. The Morgan fingerprint density at radius 2 is 1.67 bits per heavy atom. The molecule has 2 aliphatic carbocycles. The number of fused-ring (bicyclic) bond motifs is 6. The molecule has 2 bridgehead atoms. The maximum Gasteiger partial charge on any atom is 0.339 e. The maximum absolute atomic E-state index is 13.5. The molecule has 1 saturated carbocycles. The standard InChI is InChI=1S/C36H29BrN2O6/c1-18-12-22-14-26(18)32-31(22)34(41)39(35(32)42)24-8-4-20(5-9-24)29-16-28(27-15-23(37)13-19(2)33(27)38-29)36(43)45-17-30(40)21-6-10-25(44-3)11-7-21/h4-13,15-16,22,26,31-32H,14,17H2,1-3H3. The van der Waals surface area contributed by atoms with Crippen molar-refractivity contribution in [3.8, 4) is 17.0 Å². The molecule has 7 rings (SSSR count). The van der Waals surface area contributed by atoms with E-state index in [1.165, 1.54) is 10.5 Å². The molecule has 1 saturated heterocycles. The number of aromatic nitrogens is 1. The average molecular weight is 666 g/mol. The van der Waals surface area contributed by atoms with Gasteiger partial charge in [-0.25, -0.2) is 9.78 Å². The van der Waals surface area contributed by atoms with Gasteiger partial charge >= 0.3 is 5.97 Å². The van der Waals surface area contributed by atoms with Crippen molar-refractivity contribution < 1.29 is 28.7 Å². The molecule has 4 atom stereocenters. The second-order valence-corrected chi connectivity index (χ2v) is 12.8.